The fourth-order valence-electron chi connectivity index (χ4n) is 1.71. The number of hydrogen-bond donors (Lipinski definition) is 1. The van der Waals surface area contributed by atoms with Gasteiger partial charge in [0.25, 0.3) is 0 Å². The minimum atomic E-state index is -1.11. The summed E-state index contributed by atoms with van der Waals surface area (Å²) in [6.45, 7) is 2.49. The molecule has 0 aromatic carbocycles. The summed E-state index contributed by atoms with van der Waals surface area (Å²) >= 11 is 0. The van der Waals surface area contributed by atoms with E-state index in [2.05, 4.69) is 15.5 Å². The van der Waals surface area contributed by atoms with Crippen molar-refractivity contribution in [3.05, 3.63) is 28.9 Å². The number of aromatic carboxylic acids is 1. The van der Waals surface area contributed by atoms with Crippen LogP contribution in [0.4, 0.5) is 0 Å². The number of methoxy groups -OCH3 is 1. The molecule has 0 unspecified atom stereocenters. The lowest BCUT2D eigenvalue weighted by atomic mass is 10.2. The van der Waals surface area contributed by atoms with Gasteiger partial charge in [-0.15, -0.1) is 5.10 Å². The van der Waals surface area contributed by atoms with Gasteiger partial charge in [-0.1, -0.05) is 10.4 Å². The van der Waals surface area contributed by atoms with E-state index in [1.807, 2.05) is 6.92 Å². The number of carboxylic acids is 1. The first kappa shape index (κ1) is 13.2. The second kappa shape index (κ2) is 5.61. The summed E-state index contributed by atoms with van der Waals surface area (Å²) in [5.41, 5.74) is 1.20. The molecule has 2 rings (SSSR count). The van der Waals surface area contributed by atoms with Gasteiger partial charge in [0.1, 0.15) is 6.54 Å². The molecule has 0 atom stereocenters. The van der Waals surface area contributed by atoms with Crippen LogP contribution in [0.25, 0.3) is 0 Å². The van der Waals surface area contributed by atoms with Gasteiger partial charge >= 0.3 is 5.97 Å². The molecule has 0 aliphatic heterocycles. The van der Waals surface area contributed by atoms with Crippen molar-refractivity contribution >= 4 is 5.97 Å². The second-order valence-electron chi connectivity index (χ2n) is 4.02. The summed E-state index contributed by atoms with van der Waals surface area (Å²) in [6.07, 6.45) is 0.415. The van der Waals surface area contributed by atoms with Crippen molar-refractivity contribution < 1.29 is 19.2 Å². The molecule has 102 valence electrons. The molecule has 0 fully saturated rings. The molecule has 0 aliphatic carbocycles. The van der Waals surface area contributed by atoms with Crippen molar-refractivity contribution in [3.63, 3.8) is 0 Å². The number of rotatable bonds is 6. The third-order valence-corrected chi connectivity index (χ3v) is 2.57. The monoisotopic (exact) mass is 266 g/mol. The van der Waals surface area contributed by atoms with Crippen LogP contribution in [-0.4, -0.2) is 44.9 Å². The average molecular weight is 266 g/mol. The molecule has 0 bridgehead atoms. The molecule has 0 amide bonds. The first-order valence-electron chi connectivity index (χ1n) is 5.68. The van der Waals surface area contributed by atoms with Gasteiger partial charge in [-0.25, -0.2) is 9.48 Å². The second-order valence-corrected chi connectivity index (χ2v) is 4.02. The van der Waals surface area contributed by atoms with Crippen LogP contribution >= 0.6 is 0 Å². The number of aromatic nitrogens is 4. The van der Waals surface area contributed by atoms with E-state index in [1.165, 1.54) is 4.68 Å². The maximum absolute atomic E-state index is 11.1. The van der Waals surface area contributed by atoms with Gasteiger partial charge in [-0.3, -0.25) is 0 Å². The topological polar surface area (TPSA) is 103 Å². The molecule has 0 saturated heterocycles. The van der Waals surface area contributed by atoms with Gasteiger partial charge in [0.05, 0.1) is 18.0 Å². The summed E-state index contributed by atoms with van der Waals surface area (Å²) in [5.74, 6) is -0.510. The summed E-state index contributed by atoms with van der Waals surface area (Å²) in [6, 6.07) is 1.77. The predicted octanol–water partition coefficient (Wildman–Crippen LogP) is 0.510. The van der Waals surface area contributed by atoms with Crippen LogP contribution in [0.1, 0.15) is 27.6 Å². The minimum absolute atomic E-state index is 0.0618. The Bertz CT molecular complexity index is 575. The Hall–Kier alpha value is -2.22. The summed E-state index contributed by atoms with van der Waals surface area (Å²) in [7, 11) is 1.55. The SMILES string of the molecule is COCCc1c(C(=O)O)nnn1Cc1cc(C)no1. The van der Waals surface area contributed by atoms with Crippen LogP contribution in [0.3, 0.4) is 0 Å². The third kappa shape index (κ3) is 2.97. The molecule has 8 nitrogen and oxygen atoms in total. The predicted molar refractivity (Wildman–Crippen MR) is 62.9 cm³/mol. The number of ether oxygens (including phenoxy) is 1. The molecule has 2 aromatic rings. The summed E-state index contributed by atoms with van der Waals surface area (Å²) in [5, 5.41) is 20.3. The van der Waals surface area contributed by atoms with Gasteiger partial charge in [0.2, 0.25) is 0 Å². The molecule has 0 aliphatic rings. The first-order chi connectivity index (χ1) is 9.11. The summed E-state index contributed by atoms with van der Waals surface area (Å²) in [4.78, 5) is 11.1. The Labute approximate surface area is 109 Å². The molecular formula is C11H14N4O4. The van der Waals surface area contributed by atoms with E-state index in [1.54, 1.807) is 13.2 Å². The largest absolute Gasteiger partial charge is 0.476 e. The molecular weight excluding hydrogens is 252 g/mol. The van der Waals surface area contributed by atoms with E-state index in [4.69, 9.17) is 14.4 Å². The number of hydrogen-bond acceptors (Lipinski definition) is 6. The van der Waals surface area contributed by atoms with Crippen LogP contribution in [-0.2, 0) is 17.7 Å². The van der Waals surface area contributed by atoms with E-state index in [0.29, 0.717) is 31.0 Å². The Morgan fingerprint density at radius 3 is 2.95 bits per heavy atom. The van der Waals surface area contributed by atoms with Gasteiger partial charge in [0, 0.05) is 19.6 Å². The number of nitrogens with zero attached hydrogens (tertiary/aromatic N) is 4. The molecule has 0 radical (unpaired) electrons. The highest BCUT2D eigenvalue weighted by Crippen LogP contribution is 2.11. The molecule has 0 spiro atoms. The maximum Gasteiger partial charge on any atom is 0.358 e. The van der Waals surface area contributed by atoms with Crippen molar-refractivity contribution in [1.82, 2.24) is 20.2 Å². The highest BCUT2D eigenvalue weighted by Gasteiger charge is 2.19. The summed E-state index contributed by atoms with van der Waals surface area (Å²) < 4.78 is 11.5. The molecule has 19 heavy (non-hydrogen) atoms. The van der Waals surface area contributed by atoms with Crippen molar-refractivity contribution in [2.75, 3.05) is 13.7 Å². The molecule has 0 saturated carbocycles. The molecule has 2 heterocycles. The highest BCUT2D eigenvalue weighted by atomic mass is 16.5. The highest BCUT2D eigenvalue weighted by molar-refractivity contribution is 5.86. The normalized spacial score (nSPS) is 10.8. The lowest BCUT2D eigenvalue weighted by Gasteiger charge is -2.04. The van der Waals surface area contributed by atoms with Crippen molar-refractivity contribution in [2.45, 2.75) is 19.9 Å². The number of carboxylic acid groups (broad SMARTS) is 1. The first-order valence-corrected chi connectivity index (χ1v) is 5.68. The Morgan fingerprint density at radius 2 is 2.37 bits per heavy atom. The van der Waals surface area contributed by atoms with Gasteiger partial charge in [-0.05, 0) is 6.92 Å². The zero-order valence-electron chi connectivity index (χ0n) is 10.7. The zero-order chi connectivity index (χ0) is 13.8. The van der Waals surface area contributed by atoms with Crippen LogP contribution < -0.4 is 0 Å². The molecule has 1 N–H and O–H groups in total. The Morgan fingerprint density at radius 1 is 1.58 bits per heavy atom. The minimum Gasteiger partial charge on any atom is -0.476 e. The lowest BCUT2D eigenvalue weighted by molar-refractivity contribution is 0.0688. The van der Waals surface area contributed by atoms with E-state index in [0.717, 1.165) is 5.69 Å². The van der Waals surface area contributed by atoms with Crippen LogP contribution in [0, 0.1) is 6.92 Å². The van der Waals surface area contributed by atoms with E-state index in [9.17, 15) is 4.79 Å². The smallest absolute Gasteiger partial charge is 0.358 e. The Balaban J connectivity index is 2.26. The van der Waals surface area contributed by atoms with E-state index >= 15 is 0 Å². The molecule has 8 heteroatoms. The number of carbonyl (C=O) groups is 1. The fourth-order valence-corrected chi connectivity index (χ4v) is 1.71. The number of aryl methyl sites for hydroxylation is 1. The third-order valence-electron chi connectivity index (χ3n) is 2.57. The van der Waals surface area contributed by atoms with Crippen LogP contribution in [0.2, 0.25) is 0 Å². The zero-order valence-corrected chi connectivity index (χ0v) is 10.7. The van der Waals surface area contributed by atoms with Crippen molar-refractivity contribution in [2.24, 2.45) is 0 Å². The van der Waals surface area contributed by atoms with Crippen molar-refractivity contribution in [1.29, 1.82) is 0 Å². The quantitative estimate of drug-likeness (QED) is 0.812. The lowest BCUT2D eigenvalue weighted by Crippen LogP contribution is -2.11. The van der Waals surface area contributed by atoms with Crippen molar-refractivity contribution in [3.8, 4) is 0 Å². The fraction of sp³-hybridized carbons (Fsp3) is 0.455. The average Bonchev–Trinajstić information content (AvgIpc) is 2.94. The van der Waals surface area contributed by atoms with Crippen LogP contribution in [0.5, 0.6) is 0 Å². The Kier molecular flexibility index (Phi) is 3.91. The maximum atomic E-state index is 11.1. The van der Waals surface area contributed by atoms with E-state index < -0.39 is 5.97 Å². The van der Waals surface area contributed by atoms with Gasteiger partial charge in [-0.2, -0.15) is 0 Å². The van der Waals surface area contributed by atoms with Crippen LogP contribution in [0.15, 0.2) is 10.6 Å². The standard InChI is InChI=1S/C11H14N4O4/c1-7-5-8(19-13-7)6-15-9(3-4-18-2)10(11(16)17)12-14-15/h5H,3-4,6H2,1-2H3,(H,16,17). The van der Waals surface area contributed by atoms with Gasteiger partial charge in [0.15, 0.2) is 11.5 Å². The van der Waals surface area contributed by atoms with Gasteiger partial charge < -0.3 is 14.4 Å². The van der Waals surface area contributed by atoms with E-state index in [-0.39, 0.29) is 5.69 Å². The molecule has 2 aromatic heterocycles.